The highest BCUT2D eigenvalue weighted by Gasteiger charge is 2.41. The van der Waals surface area contributed by atoms with Gasteiger partial charge in [0.25, 0.3) is 0 Å². The largest absolute Gasteiger partial charge is 0.478 e. The van der Waals surface area contributed by atoms with E-state index in [9.17, 15) is 4.79 Å². The van der Waals surface area contributed by atoms with Crippen LogP contribution in [0.15, 0.2) is 18.2 Å². The van der Waals surface area contributed by atoms with Gasteiger partial charge in [-0.2, -0.15) is 11.8 Å². The molecule has 1 aromatic rings. The highest BCUT2D eigenvalue weighted by Crippen LogP contribution is 2.47. The van der Waals surface area contributed by atoms with Gasteiger partial charge < -0.3 is 10.4 Å². The smallest absolute Gasteiger partial charge is 0.339 e. The number of halogens is 1. The van der Waals surface area contributed by atoms with Crippen molar-refractivity contribution in [1.29, 1.82) is 0 Å². The van der Waals surface area contributed by atoms with Gasteiger partial charge in [-0.05, 0) is 31.2 Å². The molecule has 0 aliphatic heterocycles. The van der Waals surface area contributed by atoms with Gasteiger partial charge in [0.2, 0.25) is 0 Å². The maximum Gasteiger partial charge on any atom is 0.339 e. The van der Waals surface area contributed by atoms with E-state index in [-0.39, 0.29) is 15.3 Å². The molecule has 1 saturated carbocycles. The van der Waals surface area contributed by atoms with Crippen molar-refractivity contribution < 1.29 is 9.90 Å². The molecule has 0 aromatic heterocycles. The number of carboxylic acid groups (broad SMARTS) is 1. The fraction of sp³-hybridized carbons (Fsp3) is 0.417. The first-order valence-corrected chi connectivity index (χ1v) is 6.99. The van der Waals surface area contributed by atoms with Crippen LogP contribution in [-0.2, 0) is 0 Å². The van der Waals surface area contributed by atoms with E-state index >= 15 is 0 Å². The SMILES string of the molecule is CSC1(CNc2cccc(Cl)c2C(=O)O)CC1. The number of rotatable bonds is 5. The summed E-state index contributed by atoms with van der Waals surface area (Å²) in [6, 6.07) is 5.11. The topological polar surface area (TPSA) is 49.3 Å². The predicted molar refractivity (Wildman–Crippen MR) is 72.4 cm³/mol. The van der Waals surface area contributed by atoms with E-state index in [1.54, 1.807) is 18.2 Å². The fourth-order valence-corrected chi connectivity index (χ4v) is 2.72. The molecule has 0 amide bonds. The van der Waals surface area contributed by atoms with E-state index in [1.807, 2.05) is 11.8 Å². The lowest BCUT2D eigenvalue weighted by molar-refractivity contribution is 0.0698. The maximum absolute atomic E-state index is 11.1. The highest BCUT2D eigenvalue weighted by atomic mass is 35.5. The number of thioether (sulfide) groups is 1. The highest BCUT2D eigenvalue weighted by molar-refractivity contribution is 8.00. The molecule has 1 aromatic carbocycles. The summed E-state index contributed by atoms with van der Waals surface area (Å²) in [4.78, 5) is 11.1. The maximum atomic E-state index is 11.1. The van der Waals surface area contributed by atoms with Crippen LogP contribution in [0, 0.1) is 0 Å². The lowest BCUT2D eigenvalue weighted by Crippen LogP contribution is -2.19. The minimum absolute atomic E-state index is 0.158. The van der Waals surface area contributed by atoms with Crippen molar-refractivity contribution in [2.75, 3.05) is 18.1 Å². The Hall–Kier alpha value is -0.870. The molecule has 0 radical (unpaired) electrons. The number of carbonyl (C=O) groups is 1. The monoisotopic (exact) mass is 271 g/mol. The molecular weight excluding hydrogens is 258 g/mol. The Kier molecular flexibility index (Phi) is 3.54. The molecule has 5 heteroatoms. The van der Waals surface area contributed by atoms with Gasteiger partial charge in [-0.3, -0.25) is 0 Å². The standard InChI is InChI=1S/C12H14ClNO2S/c1-17-12(5-6-12)7-14-9-4-2-3-8(13)10(9)11(15)16/h2-4,14H,5-7H2,1H3,(H,15,16). The molecule has 17 heavy (non-hydrogen) atoms. The van der Waals surface area contributed by atoms with Crippen LogP contribution in [0.5, 0.6) is 0 Å². The first-order valence-electron chi connectivity index (χ1n) is 5.39. The van der Waals surface area contributed by atoms with E-state index in [4.69, 9.17) is 16.7 Å². The summed E-state index contributed by atoms with van der Waals surface area (Å²) in [5, 5.41) is 12.6. The van der Waals surface area contributed by atoms with Gasteiger partial charge in [0.15, 0.2) is 0 Å². The first kappa shape index (κ1) is 12.6. The number of hydrogen-bond donors (Lipinski definition) is 2. The third-order valence-corrected chi connectivity index (χ3v) is 4.80. The Bertz CT molecular complexity index is 446. The van der Waals surface area contributed by atoms with Gasteiger partial charge in [0.1, 0.15) is 5.56 Å². The van der Waals surface area contributed by atoms with E-state index < -0.39 is 5.97 Å². The second-order valence-corrected chi connectivity index (χ2v) is 5.89. The van der Waals surface area contributed by atoms with Crippen LogP contribution in [-0.4, -0.2) is 28.6 Å². The average Bonchev–Trinajstić information content (AvgIpc) is 3.06. The van der Waals surface area contributed by atoms with Crippen molar-refractivity contribution in [2.24, 2.45) is 0 Å². The van der Waals surface area contributed by atoms with E-state index in [2.05, 4.69) is 11.6 Å². The molecule has 2 N–H and O–H groups in total. The van der Waals surface area contributed by atoms with Gasteiger partial charge >= 0.3 is 5.97 Å². The normalized spacial score (nSPS) is 16.6. The zero-order chi connectivity index (χ0) is 12.5. The number of nitrogens with one attached hydrogen (secondary N) is 1. The van der Waals surface area contributed by atoms with Crippen LogP contribution in [0.2, 0.25) is 5.02 Å². The second-order valence-electron chi connectivity index (χ2n) is 4.21. The third-order valence-electron chi connectivity index (χ3n) is 3.07. The van der Waals surface area contributed by atoms with Gasteiger partial charge in [-0.1, -0.05) is 17.7 Å². The first-order chi connectivity index (χ1) is 8.08. The van der Waals surface area contributed by atoms with Crippen molar-refractivity contribution in [2.45, 2.75) is 17.6 Å². The van der Waals surface area contributed by atoms with Crippen LogP contribution in [0.4, 0.5) is 5.69 Å². The molecule has 0 atom stereocenters. The zero-order valence-corrected chi connectivity index (χ0v) is 11.1. The Balaban J connectivity index is 2.15. The van der Waals surface area contributed by atoms with Crippen molar-refractivity contribution in [1.82, 2.24) is 0 Å². The molecule has 92 valence electrons. The second kappa shape index (κ2) is 4.78. The molecule has 1 aliphatic carbocycles. The summed E-state index contributed by atoms with van der Waals surface area (Å²) in [6.45, 7) is 0.786. The summed E-state index contributed by atoms with van der Waals surface area (Å²) in [6.07, 6.45) is 4.46. The minimum atomic E-state index is -0.993. The Labute approximate surface area is 110 Å². The van der Waals surface area contributed by atoms with Gasteiger partial charge in [0.05, 0.1) is 10.7 Å². The van der Waals surface area contributed by atoms with Crippen LogP contribution < -0.4 is 5.32 Å². The van der Waals surface area contributed by atoms with Crippen molar-refractivity contribution >= 4 is 35.0 Å². The van der Waals surface area contributed by atoms with Gasteiger partial charge in [0, 0.05) is 11.3 Å². The summed E-state index contributed by atoms with van der Waals surface area (Å²) >= 11 is 7.73. The number of benzene rings is 1. The molecule has 1 aliphatic rings. The summed E-state index contributed by atoms with van der Waals surface area (Å²) in [5.41, 5.74) is 0.761. The zero-order valence-electron chi connectivity index (χ0n) is 9.50. The van der Waals surface area contributed by atoms with Crippen LogP contribution in [0.25, 0.3) is 0 Å². The van der Waals surface area contributed by atoms with E-state index in [1.165, 1.54) is 12.8 Å². The molecule has 0 unspecified atom stereocenters. The van der Waals surface area contributed by atoms with Crippen LogP contribution in [0.3, 0.4) is 0 Å². The van der Waals surface area contributed by atoms with Gasteiger partial charge in [-0.15, -0.1) is 0 Å². The molecule has 2 rings (SSSR count). The lowest BCUT2D eigenvalue weighted by Gasteiger charge is -2.16. The molecule has 1 fully saturated rings. The predicted octanol–water partition coefficient (Wildman–Crippen LogP) is 3.35. The molecule has 0 bridgehead atoms. The number of anilines is 1. The Morgan fingerprint density at radius 1 is 1.59 bits per heavy atom. The molecule has 0 spiro atoms. The van der Waals surface area contributed by atoms with Crippen molar-refractivity contribution in [3.8, 4) is 0 Å². The minimum Gasteiger partial charge on any atom is -0.478 e. The Morgan fingerprint density at radius 3 is 2.82 bits per heavy atom. The van der Waals surface area contributed by atoms with Crippen molar-refractivity contribution in [3.63, 3.8) is 0 Å². The van der Waals surface area contributed by atoms with Crippen molar-refractivity contribution in [3.05, 3.63) is 28.8 Å². The summed E-state index contributed by atoms with van der Waals surface area (Å²) in [7, 11) is 0. The quantitative estimate of drug-likeness (QED) is 0.862. The van der Waals surface area contributed by atoms with Crippen LogP contribution >= 0.6 is 23.4 Å². The molecule has 0 heterocycles. The van der Waals surface area contributed by atoms with E-state index in [0.29, 0.717) is 5.69 Å². The fourth-order valence-electron chi connectivity index (χ4n) is 1.74. The third kappa shape index (κ3) is 2.69. The van der Waals surface area contributed by atoms with E-state index in [0.717, 1.165) is 6.54 Å². The summed E-state index contributed by atoms with van der Waals surface area (Å²) in [5.74, 6) is -0.993. The van der Waals surface area contributed by atoms with Gasteiger partial charge in [-0.25, -0.2) is 4.79 Å². The number of hydrogen-bond acceptors (Lipinski definition) is 3. The molecule has 0 saturated heterocycles. The molecule has 3 nitrogen and oxygen atoms in total. The van der Waals surface area contributed by atoms with Crippen LogP contribution in [0.1, 0.15) is 23.2 Å². The number of carboxylic acids is 1. The molecular formula is C12H14ClNO2S. The average molecular weight is 272 g/mol. The number of aromatic carboxylic acids is 1. The summed E-state index contributed by atoms with van der Waals surface area (Å²) < 4.78 is 0.290. The Morgan fingerprint density at radius 2 is 2.29 bits per heavy atom. The lowest BCUT2D eigenvalue weighted by atomic mass is 10.1.